The standard InChI is InChI=1S/C15H19N3O3/c1-3-4-10(16)7-9-5-6-12(21-15(17)20)13-11(9)8-18(2)14(13)19/h5-6,16H,3-4,7-8H2,1-2H3,(H2,17,20). The fourth-order valence-electron chi connectivity index (χ4n) is 2.56. The monoisotopic (exact) mass is 289 g/mol. The Morgan fingerprint density at radius 2 is 2.19 bits per heavy atom. The molecule has 0 atom stereocenters. The van der Waals surface area contributed by atoms with Gasteiger partial charge in [-0.3, -0.25) is 4.79 Å². The van der Waals surface area contributed by atoms with Crippen LogP contribution in [0.25, 0.3) is 0 Å². The Morgan fingerprint density at radius 1 is 1.48 bits per heavy atom. The molecule has 2 amide bonds. The van der Waals surface area contributed by atoms with Gasteiger partial charge >= 0.3 is 6.09 Å². The van der Waals surface area contributed by atoms with Crippen LogP contribution >= 0.6 is 0 Å². The van der Waals surface area contributed by atoms with E-state index in [-0.39, 0.29) is 11.7 Å². The van der Waals surface area contributed by atoms with E-state index in [0.717, 1.165) is 24.0 Å². The highest BCUT2D eigenvalue weighted by molar-refractivity contribution is 6.02. The van der Waals surface area contributed by atoms with Gasteiger partial charge in [-0.25, -0.2) is 4.79 Å². The molecule has 1 aliphatic rings. The van der Waals surface area contributed by atoms with Gasteiger partial charge in [-0.2, -0.15) is 0 Å². The van der Waals surface area contributed by atoms with E-state index in [2.05, 4.69) is 0 Å². The highest BCUT2D eigenvalue weighted by atomic mass is 16.5. The largest absolute Gasteiger partial charge is 0.410 e. The minimum Gasteiger partial charge on any atom is -0.410 e. The molecule has 21 heavy (non-hydrogen) atoms. The SMILES string of the molecule is CCCC(=N)Cc1ccc(OC(N)=O)c2c1CN(C)C2=O. The molecule has 6 heteroatoms. The number of nitrogens with two attached hydrogens (primary N) is 1. The maximum absolute atomic E-state index is 12.2. The van der Waals surface area contributed by atoms with E-state index in [0.29, 0.717) is 24.2 Å². The topological polar surface area (TPSA) is 96.5 Å². The van der Waals surface area contributed by atoms with Crippen molar-refractivity contribution in [2.24, 2.45) is 5.73 Å². The van der Waals surface area contributed by atoms with Crippen LogP contribution in [0, 0.1) is 5.41 Å². The molecule has 0 bridgehead atoms. The first-order valence-corrected chi connectivity index (χ1v) is 6.87. The summed E-state index contributed by atoms with van der Waals surface area (Å²) < 4.78 is 4.92. The molecule has 1 heterocycles. The molecule has 0 radical (unpaired) electrons. The van der Waals surface area contributed by atoms with Crippen LogP contribution in [-0.4, -0.2) is 29.7 Å². The summed E-state index contributed by atoms with van der Waals surface area (Å²) in [6.45, 7) is 2.49. The van der Waals surface area contributed by atoms with Gasteiger partial charge in [0.05, 0.1) is 5.56 Å². The Kier molecular flexibility index (Phi) is 4.26. The summed E-state index contributed by atoms with van der Waals surface area (Å²) in [5.41, 5.74) is 7.80. The number of nitrogens with one attached hydrogen (secondary N) is 1. The maximum Gasteiger partial charge on any atom is 0.409 e. The molecule has 6 nitrogen and oxygen atoms in total. The summed E-state index contributed by atoms with van der Waals surface area (Å²) >= 11 is 0. The van der Waals surface area contributed by atoms with Gasteiger partial charge in [0.2, 0.25) is 0 Å². The molecule has 0 unspecified atom stereocenters. The molecule has 1 aliphatic heterocycles. The Bertz CT molecular complexity index is 610. The molecular formula is C15H19N3O3. The number of ether oxygens (including phenoxy) is 1. The van der Waals surface area contributed by atoms with Crippen molar-refractivity contribution >= 4 is 17.7 Å². The Balaban J connectivity index is 2.40. The van der Waals surface area contributed by atoms with Gasteiger partial charge in [-0.05, 0) is 23.6 Å². The van der Waals surface area contributed by atoms with Crippen LogP contribution in [0.1, 0.15) is 41.3 Å². The number of nitrogens with zero attached hydrogens (tertiary/aromatic N) is 1. The lowest BCUT2D eigenvalue weighted by Crippen LogP contribution is -2.20. The first-order chi connectivity index (χ1) is 9.93. The van der Waals surface area contributed by atoms with Gasteiger partial charge in [0.25, 0.3) is 5.91 Å². The van der Waals surface area contributed by atoms with Gasteiger partial charge < -0.3 is 20.8 Å². The van der Waals surface area contributed by atoms with E-state index in [1.165, 1.54) is 0 Å². The van der Waals surface area contributed by atoms with Crippen molar-refractivity contribution in [3.05, 3.63) is 28.8 Å². The highest BCUT2D eigenvalue weighted by Crippen LogP contribution is 2.33. The minimum atomic E-state index is -0.939. The van der Waals surface area contributed by atoms with Crippen molar-refractivity contribution in [2.75, 3.05) is 7.05 Å². The van der Waals surface area contributed by atoms with Crippen LogP contribution < -0.4 is 10.5 Å². The average molecular weight is 289 g/mol. The van der Waals surface area contributed by atoms with Crippen molar-refractivity contribution in [2.45, 2.75) is 32.7 Å². The number of primary amides is 1. The van der Waals surface area contributed by atoms with Crippen LogP contribution in [0.2, 0.25) is 0 Å². The van der Waals surface area contributed by atoms with Crippen LogP contribution in [0.3, 0.4) is 0 Å². The van der Waals surface area contributed by atoms with Gasteiger partial charge in [-0.15, -0.1) is 0 Å². The first kappa shape index (κ1) is 15.0. The fraction of sp³-hybridized carbons (Fsp3) is 0.400. The second kappa shape index (κ2) is 5.95. The second-order valence-corrected chi connectivity index (χ2v) is 5.19. The van der Waals surface area contributed by atoms with E-state index in [9.17, 15) is 9.59 Å². The molecule has 0 fully saturated rings. The zero-order valence-corrected chi connectivity index (χ0v) is 12.2. The number of carbonyl (C=O) groups is 2. The third kappa shape index (κ3) is 3.04. The normalized spacial score (nSPS) is 13.2. The first-order valence-electron chi connectivity index (χ1n) is 6.87. The summed E-state index contributed by atoms with van der Waals surface area (Å²) in [6, 6.07) is 3.38. The lowest BCUT2D eigenvalue weighted by molar-refractivity contribution is 0.0814. The van der Waals surface area contributed by atoms with Gasteiger partial charge in [0, 0.05) is 25.7 Å². The molecule has 0 saturated carbocycles. The van der Waals surface area contributed by atoms with Crippen LogP contribution in [-0.2, 0) is 13.0 Å². The van der Waals surface area contributed by atoms with E-state index in [1.54, 1.807) is 24.1 Å². The Hall–Kier alpha value is -2.37. The fourth-order valence-corrected chi connectivity index (χ4v) is 2.56. The molecule has 2 rings (SSSR count). The molecule has 0 aromatic heterocycles. The minimum absolute atomic E-state index is 0.190. The number of benzene rings is 1. The number of rotatable bonds is 5. The summed E-state index contributed by atoms with van der Waals surface area (Å²) in [7, 11) is 1.69. The van der Waals surface area contributed by atoms with Crippen molar-refractivity contribution in [1.29, 1.82) is 5.41 Å². The third-order valence-corrected chi connectivity index (χ3v) is 3.49. The van der Waals surface area contributed by atoms with Crippen molar-refractivity contribution in [1.82, 2.24) is 4.90 Å². The van der Waals surface area contributed by atoms with Crippen LogP contribution in [0.4, 0.5) is 4.79 Å². The smallest absolute Gasteiger partial charge is 0.409 e. The molecule has 1 aromatic carbocycles. The Labute approximate surface area is 123 Å². The van der Waals surface area contributed by atoms with Gasteiger partial charge in [0.15, 0.2) is 0 Å². The third-order valence-electron chi connectivity index (χ3n) is 3.49. The average Bonchev–Trinajstić information content (AvgIpc) is 2.69. The molecule has 0 aliphatic carbocycles. The highest BCUT2D eigenvalue weighted by Gasteiger charge is 2.31. The zero-order valence-electron chi connectivity index (χ0n) is 12.2. The Morgan fingerprint density at radius 3 is 2.81 bits per heavy atom. The lowest BCUT2D eigenvalue weighted by Gasteiger charge is -2.11. The number of amides is 2. The van der Waals surface area contributed by atoms with Crippen LogP contribution in [0.5, 0.6) is 5.75 Å². The van der Waals surface area contributed by atoms with Crippen molar-refractivity contribution in [3.8, 4) is 5.75 Å². The maximum atomic E-state index is 12.2. The number of carbonyl (C=O) groups excluding carboxylic acids is 2. The summed E-state index contributed by atoms with van der Waals surface area (Å²) in [4.78, 5) is 24.7. The second-order valence-electron chi connectivity index (χ2n) is 5.19. The zero-order chi connectivity index (χ0) is 15.6. The summed E-state index contributed by atoms with van der Waals surface area (Å²) in [6.07, 6.45) is 1.22. The predicted octanol–water partition coefficient (Wildman–Crippen LogP) is 2.09. The summed E-state index contributed by atoms with van der Waals surface area (Å²) in [5.74, 6) is 0.00254. The molecule has 112 valence electrons. The molecule has 0 saturated heterocycles. The van der Waals surface area contributed by atoms with Crippen LogP contribution in [0.15, 0.2) is 12.1 Å². The van der Waals surface area contributed by atoms with Crippen molar-refractivity contribution in [3.63, 3.8) is 0 Å². The van der Waals surface area contributed by atoms with Crippen molar-refractivity contribution < 1.29 is 14.3 Å². The summed E-state index contributed by atoms with van der Waals surface area (Å²) in [5, 5.41) is 7.95. The number of fused-ring (bicyclic) bond motifs is 1. The van der Waals surface area contributed by atoms with E-state index in [4.69, 9.17) is 15.9 Å². The number of hydrogen-bond acceptors (Lipinski definition) is 4. The quantitative estimate of drug-likeness (QED) is 0.812. The van der Waals surface area contributed by atoms with E-state index in [1.807, 2.05) is 6.92 Å². The van der Waals surface area contributed by atoms with E-state index >= 15 is 0 Å². The molecular weight excluding hydrogens is 270 g/mol. The molecule has 1 aromatic rings. The molecule has 0 spiro atoms. The van der Waals surface area contributed by atoms with E-state index < -0.39 is 6.09 Å². The van der Waals surface area contributed by atoms with Gasteiger partial charge in [-0.1, -0.05) is 19.4 Å². The number of hydrogen-bond donors (Lipinski definition) is 2. The predicted molar refractivity (Wildman–Crippen MR) is 78.8 cm³/mol. The molecule has 3 N–H and O–H groups in total. The van der Waals surface area contributed by atoms with Gasteiger partial charge in [0.1, 0.15) is 5.75 Å². The lowest BCUT2D eigenvalue weighted by atomic mass is 9.96.